The molecule has 0 fully saturated rings. The summed E-state index contributed by atoms with van der Waals surface area (Å²) in [7, 11) is 0. The Hall–Kier alpha value is -2.21. The van der Waals surface area contributed by atoms with Gasteiger partial charge in [0.15, 0.2) is 5.78 Å². The lowest BCUT2D eigenvalue weighted by Gasteiger charge is -2.09. The van der Waals surface area contributed by atoms with Crippen molar-refractivity contribution in [2.24, 2.45) is 0 Å². The SMILES string of the molecule is O=C(/C(=C\c1ccc(O)cc1O)SCc1cccc(Cl)c1)c1ccc(Br)cc1. The van der Waals surface area contributed by atoms with E-state index in [9.17, 15) is 15.0 Å². The molecule has 0 saturated heterocycles. The number of hydrogen-bond acceptors (Lipinski definition) is 4. The molecule has 0 saturated carbocycles. The molecule has 3 rings (SSSR count). The van der Waals surface area contributed by atoms with E-state index in [1.807, 2.05) is 30.3 Å². The predicted octanol–water partition coefficient (Wildman–Crippen LogP) is 6.67. The second-order valence-corrected chi connectivity index (χ2v) is 8.38. The Labute approximate surface area is 180 Å². The molecule has 0 heterocycles. The Morgan fingerprint density at radius 2 is 1.79 bits per heavy atom. The number of carbonyl (C=O) groups is 1. The van der Waals surface area contributed by atoms with E-state index in [1.165, 1.54) is 23.9 Å². The summed E-state index contributed by atoms with van der Waals surface area (Å²) in [6.45, 7) is 0. The molecule has 3 aromatic rings. The number of Topliss-reactive ketones (excluding diaryl/α,β-unsaturated/α-hetero) is 1. The molecule has 2 N–H and O–H groups in total. The number of phenolic OH excluding ortho intramolecular Hbond substituents is 2. The van der Waals surface area contributed by atoms with Crippen LogP contribution in [0, 0.1) is 0 Å². The fraction of sp³-hybridized carbons (Fsp3) is 0.0455. The summed E-state index contributed by atoms with van der Waals surface area (Å²) in [5.41, 5.74) is 1.99. The van der Waals surface area contributed by atoms with Crippen molar-refractivity contribution in [3.8, 4) is 11.5 Å². The first-order valence-corrected chi connectivity index (χ1v) is 10.5. The van der Waals surface area contributed by atoms with Crippen molar-refractivity contribution >= 4 is 51.2 Å². The Morgan fingerprint density at radius 3 is 2.46 bits per heavy atom. The van der Waals surface area contributed by atoms with Gasteiger partial charge in [-0.25, -0.2) is 0 Å². The number of hydrogen-bond donors (Lipinski definition) is 2. The Bertz CT molecular complexity index is 1030. The molecular formula is C22H16BrClO3S. The van der Waals surface area contributed by atoms with Gasteiger partial charge < -0.3 is 10.2 Å². The summed E-state index contributed by atoms with van der Waals surface area (Å²) in [6, 6.07) is 18.9. The Balaban J connectivity index is 1.93. The number of halogens is 2. The molecule has 0 radical (unpaired) electrons. The molecule has 3 aromatic carbocycles. The van der Waals surface area contributed by atoms with Crippen LogP contribution in [0.2, 0.25) is 5.02 Å². The molecule has 3 nitrogen and oxygen atoms in total. The zero-order chi connectivity index (χ0) is 20.1. The van der Waals surface area contributed by atoms with Crippen LogP contribution >= 0.6 is 39.3 Å². The highest BCUT2D eigenvalue weighted by molar-refractivity contribution is 9.10. The summed E-state index contributed by atoms with van der Waals surface area (Å²) >= 11 is 10.8. The van der Waals surface area contributed by atoms with E-state index >= 15 is 0 Å². The molecule has 0 unspecified atom stereocenters. The van der Waals surface area contributed by atoms with Crippen LogP contribution in [-0.4, -0.2) is 16.0 Å². The molecule has 0 bridgehead atoms. The Kier molecular flexibility index (Phi) is 6.83. The summed E-state index contributed by atoms with van der Waals surface area (Å²) in [5, 5.41) is 20.2. The van der Waals surface area contributed by atoms with Crippen LogP contribution in [0.15, 0.2) is 76.1 Å². The van der Waals surface area contributed by atoms with Crippen molar-refractivity contribution in [2.75, 3.05) is 0 Å². The van der Waals surface area contributed by atoms with E-state index in [-0.39, 0.29) is 17.3 Å². The lowest BCUT2D eigenvalue weighted by molar-refractivity contribution is 0.104. The molecular weight excluding hydrogens is 460 g/mol. The van der Waals surface area contributed by atoms with E-state index in [0.717, 1.165) is 10.0 Å². The minimum atomic E-state index is -0.146. The highest BCUT2D eigenvalue weighted by Gasteiger charge is 2.15. The van der Waals surface area contributed by atoms with Gasteiger partial charge in [-0.3, -0.25) is 4.79 Å². The molecule has 0 aliphatic carbocycles. The highest BCUT2D eigenvalue weighted by Crippen LogP contribution is 2.31. The Morgan fingerprint density at radius 1 is 1.04 bits per heavy atom. The van der Waals surface area contributed by atoms with Crippen molar-refractivity contribution in [3.63, 3.8) is 0 Å². The second-order valence-electron chi connectivity index (χ2n) is 6.01. The van der Waals surface area contributed by atoms with Gasteiger partial charge in [0.25, 0.3) is 0 Å². The smallest absolute Gasteiger partial charge is 0.199 e. The molecule has 0 amide bonds. The van der Waals surface area contributed by atoms with Crippen molar-refractivity contribution in [1.82, 2.24) is 0 Å². The normalized spacial score (nSPS) is 11.4. The van der Waals surface area contributed by atoms with E-state index in [1.54, 1.807) is 30.3 Å². The molecule has 0 aliphatic rings. The number of aromatic hydroxyl groups is 2. The number of rotatable bonds is 6. The number of thioether (sulfide) groups is 1. The van der Waals surface area contributed by atoms with Crippen molar-refractivity contribution in [1.29, 1.82) is 0 Å². The lowest BCUT2D eigenvalue weighted by atomic mass is 10.1. The van der Waals surface area contributed by atoms with Crippen LogP contribution in [0.1, 0.15) is 21.5 Å². The number of allylic oxidation sites excluding steroid dienone is 1. The zero-order valence-corrected chi connectivity index (χ0v) is 17.8. The van der Waals surface area contributed by atoms with Gasteiger partial charge in [0.05, 0.1) is 4.91 Å². The van der Waals surface area contributed by atoms with Crippen LogP contribution in [0.3, 0.4) is 0 Å². The first-order valence-electron chi connectivity index (χ1n) is 8.33. The topological polar surface area (TPSA) is 57.5 Å². The van der Waals surface area contributed by atoms with E-state index in [2.05, 4.69) is 15.9 Å². The van der Waals surface area contributed by atoms with Crippen LogP contribution in [0.5, 0.6) is 11.5 Å². The van der Waals surface area contributed by atoms with Gasteiger partial charge in [-0.2, -0.15) is 0 Å². The fourth-order valence-corrected chi connectivity index (χ4v) is 3.94. The van der Waals surface area contributed by atoms with Crippen LogP contribution < -0.4 is 0 Å². The second kappa shape index (κ2) is 9.32. The minimum Gasteiger partial charge on any atom is -0.508 e. The maximum atomic E-state index is 13.1. The fourth-order valence-electron chi connectivity index (χ4n) is 2.50. The van der Waals surface area contributed by atoms with Crippen molar-refractivity contribution in [3.05, 3.63) is 97.8 Å². The first kappa shape index (κ1) is 20.5. The maximum absolute atomic E-state index is 13.1. The van der Waals surface area contributed by atoms with Crippen LogP contribution in [0.4, 0.5) is 0 Å². The average Bonchev–Trinajstić information content (AvgIpc) is 2.67. The number of phenols is 2. The molecule has 0 aliphatic heterocycles. The third kappa shape index (κ3) is 5.41. The molecule has 0 atom stereocenters. The number of ketones is 1. The highest BCUT2D eigenvalue weighted by atomic mass is 79.9. The van der Waals surface area contributed by atoms with E-state index in [0.29, 0.717) is 26.8 Å². The van der Waals surface area contributed by atoms with E-state index < -0.39 is 0 Å². The third-order valence-electron chi connectivity index (χ3n) is 3.91. The predicted molar refractivity (Wildman–Crippen MR) is 119 cm³/mol. The summed E-state index contributed by atoms with van der Waals surface area (Å²) in [5.74, 6) is 0.270. The van der Waals surface area contributed by atoms with Gasteiger partial charge in [-0.1, -0.05) is 39.7 Å². The largest absolute Gasteiger partial charge is 0.508 e. The summed E-state index contributed by atoms with van der Waals surface area (Å²) in [4.78, 5) is 13.5. The zero-order valence-electron chi connectivity index (χ0n) is 14.6. The maximum Gasteiger partial charge on any atom is 0.199 e. The minimum absolute atomic E-state index is 0.0398. The molecule has 0 spiro atoms. The quantitative estimate of drug-likeness (QED) is 0.309. The number of benzene rings is 3. The first-order chi connectivity index (χ1) is 13.4. The van der Waals surface area contributed by atoms with Gasteiger partial charge in [0, 0.05) is 32.4 Å². The molecule has 142 valence electrons. The third-order valence-corrected chi connectivity index (χ3v) is 5.77. The van der Waals surface area contributed by atoms with Gasteiger partial charge in [-0.05, 0) is 60.2 Å². The van der Waals surface area contributed by atoms with Crippen molar-refractivity contribution in [2.45, 2.75) is 5.75 Å². The van der Waals surface area contributed by atoms with Gasteiger partial charge in [-0.15, -0.1) is 11.8 Å². The summed E-state index contributed by atoms with van der Waals surface area (Å²) < 4.78 is 0.886. The van der Waals surface area contributed by atoms with Gasteiger partial charge in [0.2, 0.25) is 0 Å². The van der Waals surface area contributed by atoms with Crippen molar-refractivity contribution < 1.29 is 15.0 Å². The van der Waals surface area contributed by atoms with Crippen LogP contribution in [0.25, 0.3) is 6.08 Å². The van der Waals surface area contributed by atoms with Gasteiger partial charge in [0.1, 0.15) is 11.5 Å². The standard InChI is InChI=1S/C22H16BrClO3S/c23-17-7-4-15(5-8-17)22(27)21(11-16-6-9-19(25)12-20(16)26)28-13-14-2-1-3-18(24)10-14/h1-12,25-26H,13H2/b21-11+. The molecule has 0 aromatic heterocycles. The average molecular weight is 476 g/mol. The molecule has 28 heavy (non-hydrogen) atoms. The number of carbonyl (C=O) groups excluding carboxylic acids is 1. The molecule has 6 heteroatoms. The summed E-state index contributed by atoms with van der Waals surface area (Å²) in [6.07, 6.45) is 1.63. The van der Waals surface area contributed by atoms with E-state index in [4.69, 9.17) is 11.6 Å². The van der Waals surface area contributed by atoms with Crippen LogP contribution in [-0.2, 0) is 5.75 Å². The monoisotopic (exact) mass is 474 g/mol. The lowest BCUT2D eigenvalue weighted by Crippen LogP contribution is -2.01. The van der Waals surface area contributed by atoms with Gasteiger partial charge >= 0.3 is 0 Å².